The lowest BCUT2D eigenvalue weighted by Crippen LogP contribution is -2.39. The van der Waals surface area contributed by atoms with E-state index in [4.69, 9.17) is 11.6 Å². The van der Waals surface area contributed by atoms with Gasteiger partial charge >= 0.3 is 0 Å². The highest BCUT2D eigenvalue weighted by atomic mass is 35.5. The highest BCUT2D eigenvalue weighted by molar-refractivity contribution is 6.31. The number of nitrogens with zero attached hydrogens (tertiary/aromatic N) is 3. The van der Waals surface area contributed by atoms with E-state index in [0.29, 0.717) is 40.6 Å². The Kier molecular flexibility index (Phi) is 6.22. The minimum absolute atomic E-state index is 0.0918. The van der Waals surface area contributed by atoms with Crippen molar-refractivity contribution < 1.29 is 4.79 Å². The normalized spacial score (nSPS) is 12.6. The van der Waals surface area contributed by atoms with Crippen LogP contribution in [0.2, 0.25) is 5.02 Å². The van der Waals surface area contributed by atoms with Gasteiger partial charge in [-0.05, 0) is 37.5 Å². The van der Waals surface area contributed by atoms with Gasteiger partial charge in [-0.3, -0.25) is 14.2 Å². The molecule has 0 aliphatic rings. The van der Waals surface area contributed by atoms with Gasteiger partial charge in [-0.2, -0.15) is 0 Å². The van der Waals surface area contributed by atoms with Gasteiger partial charge < -0.3 is 4.90 Å². The number of halogens is 1. The molecular formula is C19H26ClN3O2. The molecule has 0 saturated heterocycles. The lowest BCUT2D eigenvalue weighted by Gasteiger charge is -2.31. The lowest BCUT2D eigenvalue weighted by atomic mass is 10.1. The Balaban J connectivity index is 2.54. The molecule has 0 saturated carbocycles. The zero-order chi connectivity index (χ0) is 18.7. The molecule has 1 amide bonds. The first-order valence-corrected chi connectivity index (χ1v) is 9.09. The van der Waals surface area contributed by atoms with Gasteiger partial charge in [0.1, 0.15) is 5.82 Å². The molecule has 6 heteroatoms. The fourth-order valence-electron chi connectivity index (χ4n) is 3.00. The number of carbonyl (C=O) groups is 1. The molecule has 5 nitrogen and oxygen atoms in total. The summed E-state index contributed by atoms with van der Waals surface area (Å²) in [6, 6.07) is 4.82. The number of hydrogen-bond donors (Lipinski definition) is 0. The van der Waals surface area contributed by atoms with Crippen LogP contribution in [0, 0.1) is 5.92 Å². The van der Waals surface area contributed by atoms with Crippen molar-refractivity contribution in [2.24, 2.45) is 13.0 Å². The topological polar surface area (TPSA) is 55.2 Å². The van der Waals surface area contributed by atoms with Crippen molar-refractivity contribution in [1.82, 2.24) is 14.5 Å². The minimum atomic E-state index is -0.278. The van der Waals surface area contributed by atoms with Crippen LogP contribution in [0.25, 0.3) is 10.9 Å². The maximum absolute atomic E-state index is 12.7. The van der Waals surface area contributed by atoms with Crippen molar-refractivity contribution in [2.45, 2.75) is 46.6 Å². The zero-order valence-electron chi connectivity index (χ0n) is 15.5. The molecule has 2 rings (SSSR count). The fraction of sp³-hybridized carbons (Fsp3) is 0.526. The van der Waals surface area contributed by atoms with Crippen molar-refractivity contribution in [3.05, 3.63) is 39.4 Å². The van der Waals surface area contributed by atoms with Crippen LogP contribution in [0.15, 0.2) is 23.0 Å². The number of carbonyl (C=O) groups excluding carboxylic acids is 1. The van der Waals surface area contributed by atoms with E-state index < -0.39 is 0 Å². The quantitative estimate of drug-likeness (QED) is 0.781. The van der Waals surface area contributed by atoms with Crippen LogP contribution in [0.5, 0.6) is 0 Å². The molecule has 0 aliphatic heterocycles. The SMILES string of the molecule is CCCC(=O)N(CC(C)C)C(C)c1nc2ccc(Cl)cc2c(=O)n1C. The summed E-state index contributed by atoms with van der Waals surface area (Å²) in [6.07, 6.45) is 1.29. The zero-order valence-corrected chi connectivity index (χ0v) is 16.3. The highest BCUT2D eigenvalue weighted by Crippen LogP contribution is 2.23. The number of amides is 1. The summed E-state index contributed by atoms with van der Waals surface area (Å²) in [4.78, 5) is 31.8. The second-order valence-electron chi connectivity index (χ2n) is 6.86. The average Bonchev–Trinajstić information content (AvgIpc) is 2.55. The maximum Gasteiger partial charge on any atom is 0.261 e. The van der Waals surface area contributed by atoms with Gasteiger partial charge in [0.25, 0.3) is 5.56 Å². The molecule has 2 aromatic rings. The number of aromatic nitrogens is 2. The Bertz CT molecular complexity index is 829. The van der Waals surface area contributed by atoms with Crippen LogP contribution < -0.4 is 5.56 Å². The summed E-state index contributed by atoms with van der Waals surface area (Å²) >= 11 is 6.00. The molecule has 1 aromatic heterocycles. The predicted molar refractivity (Wildman–Crippen MR) is 102 cm³/mol. The molecule has 0 radical (unpaired) electrons. The van der Waals surface area contributed by atoms with E-state index in [0.717, 1.165) is 6.42 Å². The summed E-state index contributed by atoms with van der Waals surface area (Å²) in [6.45, 7) is 8.71. The molecule has 1 aromatic carbocycles. The fourth-order valence-corrected chi connectivity index (χ4v) is 3.17. The standard InChI is InChI=1S/C19H26ClN3O2/c1-6-7-17(24)23(11-12(2)3)13(4)18-21-16-9-8-14(20)10-15(16)19(25)22(18)5/h8-10,12-13H,6-7,11H2,1-5H3. The summed E-state index contributed by atoms with van der Waals surface area (Å²) < 4.78 is 1.52. The maximum atomic E-state index is 12.7. The molecule has 1 unspecified atom stereocenters. The number of rotatable bonds is 6. The summed E-state index contributed by atoms with van der Waals surface area (Å²) in [7, 11) is 1.69. The predicted octanol–water partition coefficient (Wildman–Crippen LogP) is 3.93. The third-order valence-electron chi connectivity index (χ3n) is 4.26. The molecule has 0 bridgehead atoms. The summed E-state index contributed by atoms with van der Waals surface area (Å²) in [5, 5.41) is 0.994. The molecule has 136 valence electrons. The molecule has 1 heterocycles. The van der Waals surface area contributed by atoms with Crippen LogP contribution in [-0.2, 0) is 11.8 Å². The highest BCUT2D eigenvalue weighted by Gasteiger charge is 2.25. The van der Waals surface area contributed by atoms with E-state index in [2.05, 4.69) is 18.8 Å². The van der Waals surface area contributed by atoms with Crippen molar-refractivity contribution >= 4 is 28.4 Å². The van der Waals surface area contributed by atoms with Crippen LogP contribution in [-0.4, -0.2) is 26.9 Å². The van der Waals surface area contributed by atoms with Crippen molar-refractivity contribution in [3.8, 4) is 0 Å². The van der Waals surface area contributed by atoms with Gasteiger partial charge in [-0.25, -0.2) is 4.98 Å². The molecule has 1 atom stereocenters. The number of hydrogen-bond acceptors (Lipinski definition) is 3. The number of benzene rings is 1. The molecule has 0 N–H and O–H groups in total. The van der Waals surface area contributed by atoms with Crippen LogP contribution in [0.3, 0.4) is 0 Å². The van der Waals surface area contributed by atoms with Gasteiger partial charge in [0.05, 0.1) is 16.9 Å². The van der Waals surface area contributed by atoms with Crippen LogP contribution in [0.1, 0.15) is 52.4 Å². The summed E-state index contributed by atoms with van der Waals surface area (Å²) in [5.41, 5.74) is 0.448. The first kappa shape index (κ1) is 19.4. The van der Waals surface area contributed by atoms with Crippen molar-refractivity contribution in [1.29, 1.82) is 0 Å². The van der Waals surface area contributed by atoms with E-state index in [1.54, 1.807) is 25.2 Å². The van der Waals surface area contributed by atoms with Crippen LogP contribution in [0.4, 0.5) is 0 Å². The first-order valence-electron chi connectivity index (χ1n) is 8.71. The van der Waals surface area contributed by atoms with Gasteiger partial charge in [-0.1, -0.05) is 32.4 Å². The smallest absolute Gasteiger partial charge is 0.261 e. The Labute approximate surface area is 153 Å². The Morgan fingerprint density at radius 3 is 2.60 bits per heavy atom. The van der Waals surface area contributed by atoms with Crippen LogP contribution >= 0.6 is 11.6 Å². The summed E-state index contributed by atoms with van der Waals surface area (Å²) in [5.74, 6) is 1.01. The van der Waals surface area contributed by atoms with Crippen molar-refractivity contribution in [3.63, 3.8) is 0 Å². The molecular weight excluding hydrogens is 338 g/mol. The third-order valence-corrected chi connectivity index (χ3v) is 4.49. The second kappa shape index (κ2) is 8.00. The monoisotopic (exact) mass is 363 g/mol. The van der Waals surface area contributed by atoms with E-state index in [9.17, 15) is 9.59 Å². The van der Waals surface area contributed by atoms with Crippen molar-refractivity contribution in [2.75, 3.05) is 6.54 Å². The molecule has 25 heavy (non-hydrogen) atoms. The Morgan fingerprint density at radius 2 is 2.00 bits per heavy atom. The largest absolute Gasteiger partial charge is 0.333 e. The van der Waals surface area contributed by atoms with Gasteiger partial charge in [0.15, 0.2) is 0 Å². The average molecular weight is 364 g/mol. The van der Waals surface area contributed by atoms with Gasteiger partial charge in [0.2, 0.25) is 5.91 Å². The van der Waals surface area contributed by atoms with Gasteiger partial charge in [-0.15, -0.1) is 0 Å². The van der Waals surface area contributed by atoms with E-state index in [1.165, 1.54) is 4.57 Å². The molecule has 0 spiro atoms. The number of fused-ring (bicyclic) bond motifs is 1. The van der Waals surface area contributed by atoms with E-state index in [1.807, 2.05) is 18.7 Å². The first-order chi connectivity index (χ1) is 11.8. The minimum Gasteiger partial charge on any atom is -0.333 e. The second-order valence-corrected chi connectivity index (χ2v) is 7.30. The molecule has 0 aliphatic carbocycles. The van der Waals surface area contributed by atoms with E-state index in [-0.39, 0.29) is 17.5 Å². The van der Waals surface area contributed by atoms with E-state index >= 15 is 0 Å². The Morgan fingerprint density at radius 1 is 1.32 bits per heavy atom. The molecule has 0 fully saturated rings. The Hall–Kier alpha value is -1.88. The van der Waals surface area contributed by atoms with Gasteiger partial charge in [0, 0.05) is 25.0 Å². The lowest BCUT2D eigenvalue weighted by molar-refractivity contribution is -0.134. The third kappa shape index (κ3) is 4.21.